The Morgan fingerprint density at radius 2 is 2.53 bits per heavy atom. The van der Waals surface area contributed by atoms with E-state index in [-0.39, 0.29) is 31.1 Å². The smallest absolute Gasteiger partial charge is 0.410 e. The molecule has 0 spiro atoms. The molecule has 1 aromatic heterocycles. The van der Waals surface area contributed by atoms with Crippen LogP contribution in [0.25, 0.3) is 0 Å². The van der Waals surface area contributed by atoms with Crippen LogP contribution in [0.5, 0.6) is 0 Å². The molecule has 1 aromatic rings. The number of hydrogen-bond acceptors (Lipinski definition) is 6. The number of aliphatic hydroxyl groups is 1. The van der Waals surface area contributed by atoms with Gasteiger partial charge in [0.15, 0.2) is 0 Å². The maximum atomic E-state index is 10.6. The molecular formula is C11H17N3O4S. The van der Waals surface area contributed by atoms with Crippen molar-refractivity contribution in [1.29, 1.82) is 0 Å². The van der Waals surface area contributed by atoms with E-state index in [1.165, 1.54) is 11.3 Å². The molecule has 0 bridgehead atoms. The van der Waals surface area contributed by atoms with Crippen LogP contribution in [0.15, 0.2) is 5.38 Å². The average Bonchev–Trinajstić information content (AvgIpc) is 2.80. The van der Waals surface area contributed by atoms with Gasteiger partial charge in [-0.1, -0.05) is 0 Å². The van der Waals surface area contributed by atoms with Gasteiger partial charge in [0.1, 0.15) is 10.8 Å². The van der Waals surface area contributed by atoms with Crippen molar-refractivity contribution in [2.45, 2.75) is 25.0 Å². The zero-order chi connectivity index (χ0) is 14.0. The van der Waals surface area contributed by atoms with Crippen molar-refractivity contribution in [2.24, 2.45) is 11.7 Å². The van der Waals surface area contributed by atoms with Crippen molar-refractivity contribution in [3.05, 3.63) is 10.4 Å². The molecular weight excluding hydrogens is 270 g/mol. The van der Waals surface area contributed by atoms with E-state index in [0.29, 0.717) is 11.4 Å². The molecule has 19 heavy (non-hydrogen) atoms. The first kappa shape index (κ1) is 14.2. The van der Waals surface area contributed by atoms with Crippen molar-refractivity contribution >= 4 is 23.2 Å². The first-order chi connectivity index (χ1) is 8.95. The maximum absolute atomic E-state index is 10.6. The van der Waals surface area contributed by atoms with Gasteiger partial charge in [0, 0.05) is 17.9 Å². The maximum Gasteiger partial charge on any atom is 0.410 e. The van der Waals surface area contributed by atoms with E-state index in [1.807, 2.05) is 6.92 Å². The van der Waals surface area contributed by atoms with Crippen molar-refractivity contribution in [3.63, 3.8) is 0 Å². The molecule has 1 amide bonds. The van der Waals surface area contributed by atoms with Gasteiger partial charge in [0.25, 0.3) is 0 Å². The molecule has 8 heteroatoms. The van der Waals surface area contributed by atoms with Gasteiger partial charge in [-0.2, -0.15) is 0 Å². The van der Waals surface area contributed by atoms with Gasteiger partial charge in [-0.3, -0.25) is 5.32 Å². The SMILES string of the molecule is C[C@H]1C[C@@H](CO)[C@@](N)(c2nc(NC(=O)O)cs2)CO1. The average molecular weight is 287 g/mol. The van der Waals surface area contributed by atoms with E-state index >= 15 is 0 Å². The van der Waals surface area contributed by atoms with Crippen molar-refractivity contribution in [1.82, 2.24) is 4.98 Å². The van der Waals surface area contributed by atoms with E-state index in [1.54, 1.807) is 5.38 Å². The number of carbonyl (C=O) groups is 1. The zero-order valence-corrected chi connectivity index (χ0v) is 11.3. The van der Waals surface area contributed by atoms with Gasteiger partial charge in [-0.15, -0.1) is 11.3 Å². The van der Waals surface area contributed by atoms with E-state index in [9.17, 15) is 9.90 Å². The van der Waals surface area contributed by atoms with Crippen LogP contribution < -0.4 is 11.1 Å². The number of aromatic nitrogens is 1. The molecule has 0 radical (unpaired) electrons. The van der Waals surface area contributed by atoms with Gasteiger partial charge in [0.2, 0.25) is 0 Å². The van der Waals surface area contributed by atoms with Crippen molar-refractivity contribution < 1.29 is 19.7 Å². The fourth-order valence-corrected chi connectivity index (χ4v) is 3.14. The number of nitrogens with zero attached hydrogens (tertiary/aromatic N) is 1. The van der Waals surface area contributed by atoms with Crippen LogP contribution >= 0.6 is 11.3 Å². The first-order valence-electron chi connectivity index (χ1n) is 5.93. The highest BCUT2D eigenvalue weighted by atomic mass is 32.1. The minimum absolute atomic E-state index is 0.0467. The summed E-state index contributed by atoms with van der Waals surface area (Å²) in [6.45, 7) is 2.15. The Kier molecular flexibility index (Phi) is 4.04. The molecule has 7 nitrogen and oxygen atoms in total. The predicted molar refractivity (Wildman–Crippen MR) is 70.2 cm³/mol. The summed E-state index contributed by atoms with van der Waals surface area (Å²) in [6.07, 6.45) is -0.477. The monoisotopic (exact) mass is 287 g/mol. The number of nitrogens with one attached hydrogen (secondary N) is 1. The first-order valence-corrected chi connectivity index (χ1v) is 6.81. The van der Waals surface area contributed by atoms with Crippen LogP contribution in [-0.4, -0.2) is 40.6 Å². The topological polar surface area (TPSA) is 118 Å². The number of carboxylic acid groups (broad SMARTS) is 1. The van der Waals surface area contributed by atoms with Crippen LogP contribution in [0.2, 0.25) is 0 Å². The number of hydrogen-bond donors (Lipinski definition) is 4. The van der Waals surface area contributed by atoms with E-state index in [0.717, 1.165) is 0 Å². The lowest BCUT2D eigenvalue weighted by Gasteiger charge is -2.41. The molecule has 0 aliphatic carbocycles. The van der Waals surface area contributed by atoms with Gasteiger partial charge in [-0.25, -0.2) is 9.78 Å². The van der Waals surface area contributed by atoms with Crippen LogP contribution in [0, 0.1) is 5.92 Å². The third-order valence-electron chi connectivity index (χ3n) is 3.31. The summed E-state index contributed by atoms with van der Waals surface area (Å²) in [6, 6.07) is 0. The zero-order valence-electron chi connectivity index (χ0n) is 10.5. The molecule has 1 fully saturated rings. The van der Waals surface area contributed by atoms with Crippen molar-refractivity contribution in [2.75, 3.05) is 18.5 Å². The van der Waals surface area contributed by atoms with Crippen LogP contribution in [0.4, 0.5) is 10.6 Å². The summed E-state index contributed by atoms with van der Waals surface area (Å²) >= 11 is 1.26. The number of anilines is 1. The minimum Gasteiger partial charge on any atom is -0.465 e. The number of thiazole rings is 1. The summed E-state index contributed by atoms with van der Waals surface area (Å²) in [5.74, 6) is 0.0905. The Labute approximate surface area is 114 Å². The molecule has 1 aliphatic rings. The molecule has 2 rings (SSSR count). The van der Waals surface area contributed by atoms with Crippen LogP contribution in [0.1, 0.15) is 18.4 Å². The lowest BCUT2D eigenvalue weighted by Crippen LogP contribution is -2.54. The quantitative estimate of drug-likeness (QED) is 0.653. The number of ether oxygens (including phenoxy) is 1. The molecule has 3 atom stereocenters. The molecule has 1 saturated heterocycles. The molecule has 1 aliphatic heterocycles. The Balaban J connectivity index is 2.22. The third kappa shape index (κ3) is 2.86. The Morgan fingerprint density at radius 3 is 3.16 bits per heavy atom. The summed E-state index contributed by atoms with van der Waals surface area (Å²) in [5.41, 5.74) is 5.46. The Morgan fingerprint density at radius 1 is 1.79 bits per heavy atom. The molecule has 0 unspecified atom stereocenters. The Hall–Kier alpha value is -1.22. The second-order valence-electron chi connectivity index (χ2n) is 4.75. The number of amides is 1. The van der Waals surface area contributed by atoms with Gasteiger partial charge < -0.3 is 20.7 Å². The highest BCUT2D eigenvalue weighted by Gasteiger charge is 2.43. The summed E-state index contributed by atoms with van der Waals surface area (Å²) in [4.78, 5) is 14.7. The number of aliphatic hydroxyl groups excluding tert-OH is 1. The molecule has 0 saturated carbocycles. The number of rotatable bonds is 3. The highest BCUT2D eigenvalue weighted by molar-refractivity contribution is 7.10. The second kappa shape index (κ2) is 5.41. The summed E-state index contributed by atoms with van der Waals surface area (Å²) < 4.78 is 5.56. The highest BCUT2D eigenvalue weighted by Crippen LogP contribution is 2.37. The second-order valence-corrected chi connectivity index (χ2v) is 5.60. The summed E-state index contributed by atoms with van der Waals surface area (Å²) in [5, 5.41) is 22.5. The lowest BCUT2D eigenvalue weighted by molar-refractivity contribution is -0.0669. The Bertz CT molecular complexity index is 467. The molecule has 106 valence electrons. The largest absolute Gasteiger partial charge is 0.465 e. The van der Waals surface area contributed by atoms with E-state index in [2.05, 4.69) is 10.3 Å². The molecule has 0 aromatic carbocycles. The fraction of sp³-hybridized carbons (Fsp3) is 0.636. The third-order valence-corrected chi connectivity index (χ3v) is 4.35. The summed E-state index contributed by atoms with van der Waals surface area (Å²) in [7, 11) is 0. The number of nitrogens with two attached hydrogens (primary N) is 1. The lowest BCUT2D eigenvalue weighted by atomic mass is 9.80. The fourth-order valence-electron chi connectivity index (χ4n) is 2.21. The minimum atomic E-state index is -1.17. The predicted octanol–water partition coefficient (Wildman–Crippen LogP) is 0.804. The standard InChI is InChI=1S/C11H17N3O4S/c1-6-2-7(3-15)11(12,5-18-6)9-13-8(4-19-9)14-10(16)17/h4,6-7,14-15H,2-3,5,12H2,1H3,(H,16,17)/t6-,7-,11+/m0/s1. The van der Waals surface area contributed by atoms with E-state index < -0.39 is 11.6 Å². The van der Waals surface area contributed by atoms with Gasteiger partial charge in [0.05, 0.1) is 18.2 Å². The van der Waals surface area contributed by atoms with Crippen molar-refractivity contribution in [3.8, 4) is 0 Å². The van der Waals surface area contributed by atoms with Gasteiger partial charge >= 0.3 is 6.09 Å². The van der Waals surface area contributed by atoms with Crippen LogP contribution in [-0.2, 0) is 10.3 Å². The molecule has 2 heterocycles. The van der Waals surface area contributed by atoms with Crippen LogP contribution in [0.3, 0.4) is 0 Å². The van der Waals surface area contributed by atoms with E-state index in [4.69, 9.17) is 15.6 Å². The normalized spacial score (nSPS) is 31.1. The molecule has 5 N–H and O–H groups in total. The van der Waals surface area contributed by atoms with Gasteiger partial charge in [-0.05, 0) is 13.3 Å².